The van der Waals surface area contributed by atoms with E-state index in [0.717, 1.165) is 12.5 Å². The van der Waals surface area contributed by atoms with Gasteiger partial charge in [0.05, 0.1) is 5.60 Å². The molecule has 1 spiro atoms. The molecule has 21 heavy (non-hydrogen) atoms. The van der Waals surface area contributed by atoms with Crippen LogP contribution in [-0.4, -0.2) is 29.8 Å². The van der Waals surface area contributed by atoms with Crippen molar-refractivity contribution >= 4 is 11.8 Å². The van der Waals surface area contributed by atoms with Crippen molar-refractivity contribution in [3.63, 3.8) is 0 Å². The lowest BCUT2D eigenvalue weighted by Crippen LogP contribution is -2.52. The van der Waals surface area contributed by atoms with E-state index in [1.54, 1.807) is 0 Å². The van der Waals surface area contributed by atoms with E-state index in [-0.39, 0.29) is 5.60 Å². The molecule has 0 radical (unpaired) electrons. The highest BCUT2D eigenvalue weighted by Crippen LogP contribution is 2.45. The topological polar surface area (TPSA) is 47.3 Å². The molecular weight excluding hydrogens is 280 g/mol. The fourth-order valence-corrected chi connectivity index (χ4v) is 6.05. The predicted octanol–water partition coefficient (Wildman–Crippen LogP) is 3.34. The number of nitrogens with one attached hydrogen (secondary N) is 1. The first-order valence-corrected chi connectivity index (χ1v) is 9.87. The Labute approximate surface area is 134 Å². The lowest BCUT2D eigenvalue weighted by Gasteiger charge is -2.45. The molecule has 3 fully saturated rings. The number of rotatable bonds is 3. The van der Waals surface area contributed by atoms with Crippen LogP contribution < -0.4 is 11.3 Å². The molecule has 3 rings (SSSR count). The minimum absolute atomic E-state index is 0.177. The van der Waals surface area contributed by atoms with Gasteiger partial charge in [0.15, 0.2) is 0 Å². The molecule has 3 unspecified atom stereocenters. The normalized spacial score (nSPS) is 38.7. The van der Waals surface area contributed by atoms with Crippen molar-refractivity contribution in [2.24, 2.45) is 23.1 Å². The highest BCUT2D eigenvalue weighted by molar-refractivity contribution is 7.99. The maximum absolute atomic E-state index is 6.18. The van der Waals surface area contributed by atoms with Crippen LogP contribution >= 0.6 is 11.8 Å². The minimum atomic E-state index is 0.177. The molecule has 3 nitrogen and oxygen atoms in total. The Morgan fingerprint density at radius 3 is 2.52 bits per heavy atom. The first-order valence-electron chi connectivity index (χ1n) is 8.71. The molecule has 2 saturated heterocycles. The van der Waals surface area contributed by atoms with Gasteiger partial charge in [0.25, 0.3) is 0 Å². The highest BCUT2D eigenvalue weighted by atomic mass is 32.2. The third kappa shape index (κ3) is 3.60. The van der Waals surface area contributed by atoms with Crippen molar-refractivity contribution in [3.05, 3.63) is 0 Å². The van der Waals surface area contributed by atoms with E-state index >= 15 is 0 Å². The Morgan fingerprint density at radius 2 is 1.90 bits per heavy atom. The van der Waals surface area contributed by atoms with Crippen LogP contribution in [-0.2, 0) is 4.74 Å². The van der Waals surface area contributed by atoms with Crippen LogP contribution in [0, 0.1) is 17.3 Å². The van der Waals surface area contributed by atoms with Gasteiger partial charge in [0.1, 0.15) is 0 Å². The Hall–Kier alpha value is 0.230. The summed E-state index contributed by atoms with van der Waals surface area (Å²) in [5, 5.41) is 0. The zero-order valence-corrected chi connectivity index (χ0v) is 14.5. The van der Waals surface area contributed by atoms with Gasteiger partial charge < -0.3 is 4.74 Å². The second kappa shape index (κ2) is 6.38. The smallest absolute Gasteiger partial charge is 0.0783 e. The van der Waals surface area contributed by atoms with Gasteiger partial charge in [-0.2, -0.15) is 11.8 Å². The van der Waals surface area contributed by atoms with Crippen molar-refractivity contribution in [2.45, 2.75) is 70.4 Å². The van der Waals surface area contributed by atoms with E-state index < -0.39 is 0 Å². The molecule has 0 bridgehead atoms. The summed E-state index contributed by atoms with van der Waals surface area (Å²) in [4.78, 5) is 0. The van der Waals surface area contributed by atoms with Gasteiger partial charge in [0, 0.05) is 18.4 Å². The lowest BCUT2D eigenvalue weighted by molar-refractivity contribution is -0.0901. The van der Waals surface area contributed by atoms with E-state index in [1.165, 1.54) is 56.5 Å². The summed E-state index contributed by atoms with van der Waals surface area (Å²) in [6.07, 6.45) is 9.00. The first kappa shape index (κ1) is 16.1. The van der Waals surface area contributed by atoms with E-state index in [9.17, 15) is 0 Å². The average Bonchev–Trinajstić information content (AvgIpc) is 2.89. The van der Waals surface area contributed by atoms with Crippen LogP contribution in [0.2, 0.25) is 0 Å². The van der Waals surface area contributed by atoms with E-state index in [4.69, 9.17) is 10.6 Å². The molecule has 3 atom stereocenters. The number of hydrogen-bond donors (Lipinski definition) is 2. The van der Waals surface area contributed by atoms with Gasteiger partial charge in [-0.25, -0.2) is 0 Å². The van der Waals surface area contributed by atoms with E-state index in [1.807, 2.05) is 0 Å². The molecule has 1 saturated carbocycles. The molecule has 0 aromatic heterocycles. The van der Waals surface area contributed by atoms with Gasteiger partial charge >= 0.3 is 0 Å². The molecule has 2 heterocycles. The van der Waals surface area contributed by atoms with Gasteiger partial charge in [-0.15, -0.1) is 0 Å². The summed E-state index contributed by atoms with van der Waals surface area (Å²) in [6, 6.07) is 0.493. The van der Waals surface area contributed by atoms with E-state index in [2.05, 4.69) is 31.0 Å². The SMILES string of the molecule is CC1(C)CCC(C(NN)C2CCOC3(CCSC3)C2)CC1. The maximum atomic E-state index is 6.18. The average molecular weight is 313 g/mol. The number of thioether (sulfide) groups is 1. The molecular formula is C17H32N2OS. The second-order valence-corrected chi connectivity index (χ2v) is 9.39. The highest BCUT2D eigenvalue weighted by Gasteiger charge is 2.44. The molecule has 3 N–H and O–H groups in total. The van der Waals surface area contributed by atoms with Crippen molar-refractivity contribution in [3.8, 4) is 0 Å². The number of ether oxygens (including phenoxy) is 1. The third-order valence-electron chi connectivity index (χ3n) is 6.19. The Balaban J connectivity index is 1.63. The van der Waals surface area contributed by atoms with Crippen molar-refractivity contribution in [1.82, 2.24) is 5.43 Å². The van der Waals surface area contributed by atoms with Gasteiger partial charge in [-0.05, 0) is 67.9 Å². The lowest BCUT2D eigenvalue weighted by atomic mass is 9.67. The molecule has 1 aliphatic carbocycles. The molecule has 0 aromatic carbocycles. The summed E-state index contributed by atoms with van der Waals surface area (Å²) in [6.45, 7) is 5.75. The second-order valence-electron chi connectivity index (χ2n) is 8.28. The van der Waals surface area contributed by atoms with Crippen LogP contribution in [0.4, 0.5) is 0 Å². The fourth-order valence-electron chi connectivity index (χ4n) is 4.67. The molecule has 3 aliphatic rings. The summed E-state index contributed by atoms with van der Waals surface area (Å²) in [7, 11) is 0. The first-order chi connectivity index (χ1) is 10.0. The molecule has 0 aromatic rings. The Kier molecular flexibility index (Phi) is 4.90. The summed E-state index contributed by atoms with van der Waals surface area (Å²) >= 11 is 2.06. The molecule has 0 amide bonds. The zero-order chi connectivity index (χ0) is 14.9. The largest absolute Gasteiger partial charge is 0.374 e. The van der Waals surface area contributed by atoms with Crippen LogP contribution in [0.3, 0.4) is 0 Å². The molecule has 4 heteroatoms. The molecule has 2 aliphatic heterocycles. The Morgan fingerprint density at radius 1 is 1.14 bits per heavy atom. The predicted molar refractivity (Wildman–Crippen MR) is 90.2 cm³/mol. The fraction of sp³-hybridized carbons (Fsp3) is 1.00. The molecule has 122 valence electrons. The van der Waals surface area contributed by atoms with Crippen LogP contribution in [0.15, 0.2) is 0 Å². The van der Waals surface area contributed by atoms with Gasteiger partial charge in [0.2, 0.25) is 0 Å². The van der Waals surface area contributed by atoms with Gasteiger partial charge in [-0.3, -0.25) is 11.3 Å². The van der Waals surface area contributed by atoms with Crippen molar-refractivity contribution < 1.29 is 4.74 Å². The standard InChI is InChI=1S/C17H32N2OS/c1-16(2)6-3-13(4-7-16)15(19-18)14-5-9-20-17(11-14)8-10-21-12-17/h13-15,19H,3-12,18H2,1-2H3. The van der Waals surface area contributed by atoms with Crippen molar-refractivity contribution in [1.29, 1.82) is 0 Å². The van der Waals surface area contributed by atoms with Gasteiger partial charge in [-0.1, -0.05) is 13.8 Å². The van der Waals surface area contributed by atoms with Crippen LogP contribution in [0.25, 0.3) is 0 Å². The zero-order valence-electron chi connectivity index (χ0n) is 13.7. The van der Waals surface area contributed by atoms with Crippen LogP contribution in [0.1, 0.15) is 58.8 Å². The summed E-state index contributed by atoms with van der Waals surface area (Å²) in [5.41, 5.74) is 3.93. The number of hydrazine groups is 1. The third-order valence-corrected chi connectivity index (χ3v) is 7.41. The number of nitrogens with two attached hydrogens (primary N) is 1. The summed E-state index contributed by atoms with van der Waals surface area (Å²) in [5.74, 6) is 9.92. The van der Waals surface area contributed by atoms with Crippen molar-refractivity contribution in [2.75, 3.05) is 18.1 Å². The minimum Gasteiger partial charge on any atom is -0.374 e. The van der Waals surface area contributed by atoms with E-state index in [0.29, 0.717) is 17.4 Å². The maximum Gasteiger partial charge on any atom is 0.0783 e. The monoisotopic (exact) mass is 312 g/mol. The summed E-state index contributed by atoms with van der Waals surface area (Å²) < 4.78 is 6.18. The Bertz CT molecular complexity index is 345. The number of hydrogen-bond acceptors (Lipinski definition) is 4. The quantitative estimate of drug-likeness (QED) is 0.620. The van der Waals surface area contributed by atoms with Crippen LogP contribution in [0.5, 0.6) is 0 Å².